The number of aromatic nitrogens is 1. The van der Waals surface area contributed by atoms with Gasteiger partial charge in [0, 0.05) is 10.6 Å². The molecule has 4 aromatic carbocycles. The lowest BCUT2D eigenvalue weighted by molar-refractivity contribution is 0.601. The molecule has 1 heterocycles. The van der Waals surface area contributed by atoms with Crippen LogP contribution in [0.3, 0.4) is 0 Å². The summed E-state index contributed by atoms with van der Waals surface area (Å²) in [5.74, 6) is 0. The van der Waals surface area contributed by atoms with Crippen molar-refractivity contribution in [3.05, 3.63) is 102 Å². The topological polar surface area (TPSA) is 59.1 Å². The molecule has 4 nitrogen and oxygen atoms in total. The molecule has 0 aliphatic heterocycles. The van der Waals surface area contributed by atoms with E-state index in [9.17, 15) is 8.42 Å². The molecule has 158 valence electrons. The quantitative estimate of drug-likeness (QED) is 0.294. The third-order valence-corrected chi connectivity index (χ3v) is 7.74. The van der Waals surface area contributed by atoms with Gasteiger partial charge < -0.3 is 0 Å². The highest BCUT2D eigenvalue weighted by Gasteiger charge is 2.18. The first kappa shape index (κ1) is 20.7. The number of rotatable bonds is 5. The number of nitrogens with one attached hydrogen (secondary N) is 1. The van der Waals surface area contributed by atoms with Crippen LogP contribution in [0, 0.1) is 0 Å². The van der Waals surface area contributed by atoms with E-state index < -0.39 is 10.0 Å². The van der Waals surface area contributed by atoms with Crippen LogP contribution >= 0.6 is 22.9 Å². The van der Waals surface area contributed by atoms with Crippen LogP contribution in [0.15, 0.2) is 102 Å². The predicted molar refractivity (Wildman–Crippen MR) is 133 cm³/mol. The van der Waals surface area contributed by atoms with Crippen molar-refractivity contribution < 1.29 is 8.42 Å². The SMILES string of the molecule is O=S(=O)(Nc1ccccc1-c1nc2ccccc2s1)c1ccc(-c2ccc(Cl)cc2)cc1. The highest BCUT2D eigenvalue weighted by molar-refractivity contribution is 7.92. The van der Waals surface area contributed by atoms with Crippen LogP contribution in [0.2, 0.25) is 5.02 Å². The van der Waals surface area contributed by atoms with Crippen molar-refractivity contribution in [2.75, 3.05) is 4.72 Å². The van der Waals surface area contributed by atoms with Crippen molar-refractivity contribution in [3.63, 3.8) is 0 Å². The van der Waals surface area contributed by atoms with Gasteiger partial charge in [0.1, 0.15) is 5.01 Å². The molecule has 0 unspecified atom stereocenters. The van der Waals surface area contributed by atoms with Crippen molar-refractivity contribution in [3.8, 4) is 21.7 Å². The summed E-state index contributed by atoms with van der Waals surface area (Å²) in [6, 6.07) is 29.4. The van der Waals surface area contributed by atoms with Gasteiger partial charge in [0.25, 0.3) is 10.0 Å². The highest BCUT2D eigenvalue weighted by atomic mass is 35.5. The fraction of sp³-hybridized carbons (Fsp3) is 0. The molecule has 7 heteroatoms. The van der Waals surface area contributed by atoms with Gasteiger partial charge in [0.15, 0.2) is 0 Å². The zero-order valence-corrected chi connectivity index (χ0v) is 19.1. The van der Waals surface area contributed by atoms with Gasteiger partial charge >= 0.3 is 0 Å². The minimum Gasteiger partial charge on any atom is -0.279 e. The summed E-state index contributed by atoms with van der Waals surface area (Å²) in [6.07, 6.45) is 0. The van der Waals surface area contributed by atoms with Gasteiger partial charge in [-0.25, -0.2) is 13.4 Å². The molecule has 0 bridgehead atoms. The van der Waals surface area contributed by atoms with E-state index in [2.05, 4.69) is 9.71 Å². The molecule has 0 aliphatic rings. The van der Waals surface area contributed by atoms with Gasteiger partial charge in [-0.3, -0.25) is 4.72 Å². The van der Waals surface area contributed by atoms with Crippen LogP contribution in [0.1, 0.15) is 0 Å². The second-order valence-corrected chi connectivity index (χ2v) is 10.3. The Balaban J connectivity index is 1.45. The molecule has 0 amide bonds. The fourth-order valence-corrected chi connectivity index (χ4v) is 5.63. The van der Waals surface area contributed by atoms with Crippen molar-refractivity contribution >= 4 is 48.9 Å². The van der Waals surface area contributed by atoms with E-state index in [4.69, 9.17) is 11.6 Å². The van der Waals surface area contributed by atoms with Gasteiger partial charge in [-0.1, -0.05) is 60.1 Å². The van der Waals surface area contributed by atoms with Gasteiger partial charge in [0.05, 0.1) is 20.8 Å². The lowest BCUT2D eigenvalue weighted by Gasteiger charge is -2.12. The summed E-state index contributed by atoms with van der Waals surface area (Å²) in [5, 5.41) is 1.42. The Bertz CT molecular complexity index is 1480. The minimum atomic E-state index is -3.77. The molecular formula is C25H17ClN2O2S2. The third kappa shape index (κ3) is 4.12. The molecule has 1 aromatic heterocycles. The van der Waals surface area contributed by atoms with Crippen molar-refractivity contribution in [1.82, 2.24) is 4.98 Å². The Morgan fingerprint density at radius 2 is 1.38 bits per heavy atom. The van der Waals surface area contributed by atoms with E-state index >= 15 is 0 Å². The molecule has 0 atom stereocenters. The smallest absolute Gasteiger partial charge is 0.261 e. The number of benzene rings is 4. The van der Waals surface area contributed by atoms with E-state index in [0.717, 1.165) is 31.9 Å². The molecule has 0 spiro atoms. The van der Waals surface area contributed by atoms with Gasteiger partial charge in [-0.2, -0.15) is 0 Å². The summed E-state index contributed by atoms with van der Waals surface area (Å²) in [6.45, 7) is 0. The minimum absolute atomic E-state index is 0.189. The van der Waals surface area contributed by atoms with Crippen molar-refractivity contribution in [2.45, 2.75) is 4.90 Å². The van der Waals surface area contributed by atoms with Crippen LogP contribution in [-0.4, -0.2) is 13.4 Å². The van der Waals surface area contributed by atoms with Crippen LogP contribution in [0.5, 0.6) is 0 Å². The first-order valence-corrected chi connectivity index (χ1v) is 12.5. The maximum Gasteiger partial charge on any atom is 0.261 e. The Hall–Kier alpha value is -3.19. The predicted octanol–water partition coefficient (Wildman–Crippen LogP) is 7.08. The normalized spacial score (nSPS) is 11.5. The lowest BCUT2D eigenvalue weighted by atomic mass is 10.1. The third-order valence-electron chi connectivity index (χ3n) is 5.04. The molecule has 1 N–H and O–H groups in total. The van der Waals surface area contributed by atoms with Crippen LogP contribution in [0.4, 0.5) is 5.69 Å². The summed E-state index contributed by atoms with van der Waals surface area (Å²) >= 11 is 7.48. The number of fused-ring (bicyclic) bond motifs is 1. The van der Waals surface area contributed by atoms with E-state index in [-0.39, 0.29) is 4.90 Å². The Labute approximate surface area is 195 Å². The van der Waals surface area contributed by atoms with Gasteiger partial charge in [-0.05, 0) is 59.7 Å². The van der Waals surface area contributed by atoms with Crippen LogP contribution in [-0.2, 0) is 10.0 Å². The number of halogens is 1. The van der Waals surface area contributed by atoms with Crippen LogP contribution in [0.25, 0.3) is 31.9 Å². The highest BCUT2D eigenvalue weighted by Crippen LogP contribution is 2.35. The average molecular weight is 477 g/mol. The molecule has 0 saturated carbocycles. The number of para-hydroxylation sites is 2. The molecule has 0 radical (unpaired) electrons. The molecular weight excluding hydrogens is 460 g/mol. The molecule has 32 heavy (non-hydrogen) atoms. The number of nitrogens with zero attached hydrogens (tertiary/aromatic N) is 1. The second kappa shape index (κ2) is 8.39. The summed E-state index contributed by atoms with van der Waals surface area (Å²) in [4.78, 5) is 4.86. The number of thiazole rings is 1. The second-order valence-electron chi connectivity index (χ2n) is 7.17. The lowest BCUT2D eigenvalue weighted by Crippen LogP contribution is -2.13. The largest absolute Gasteiger partial charge is 0.279 e. The van der Waals surface area contributed by atoms with E-state index in [1.54, 1.807) is 36.4 Å². The number of sulfonamides is 1. The molecule has 5 aromatic rings. The Morgan fingerprint density at radius 1 is 0.750 bits per heavy atom. The zero-order valence-electron chi connectivity index (χ0n) is 16.7. The van der Waals surface area contributed by atoms with Gasteiger partial charge in [-0.15, -0.1) is 11.3 Å². The Kier molecular flexibility index (Phi) is 5.43. The monoisotopic (exact) mass is 476 g/mol. The standard InChI is InChI=1S/C25H17ClN2O2S2/c26-19-13-9-17(10-14-19)18-11-15-20(16-12-18)32(29,30)28-22-6-2-1-5-21(22)25-27-23-7-3-4-8-24(23)31-25/h1-16,28H. The molecule has 0 fully saturated rings. The molecule has 0 aliphatic carbocycles. The van der Waals surface area contributed by atoms with Crippen molar-refractivity contribution in [1.29, 1.82) is 0 Å². The summed E-state index contributed by atoms with van der Waals surface area (Å²) < 4.78 is 30.0. The van der Waals surface area contributed by atoms with E-state index in [0.29, 0.717) is 10.7 Å². The summed E-state index contributed by atoms with van der Waals surface area (Å²) in [7, 11) is -3.77. The molecule has 0 saturated heterocycles. The maximum atomic E-state index is 13.1. The van der Waals surface area contributed by atoms with E-state index in [1.807, 2.05) is 60.7 Å². The molecule has 5 rings (SSSR count). The number of hydrogen-bond acceptors (Lipinski definition) is 4. The first-order valence-electron chi connectivity index (χ1n) is 9.83. The number of hydrogen-bond donors (Lipinski definition) is 1. The van der Waals surface area contributed by atoms with E-state index in [1.165, 1.54) is 11.3 Å². The Morgan fingerprint density at radius 3 is 2.09 bits per heavy atom. The summed E-state index contributed by atoms with van der Waals surface area (Å²) in [5.41, 5.74) is 4.01. The van der Waals surface area contributed by atoms with Gasteiger partial charge in [0.2, 0.25) is 0 Å². The maximum absolute atomic E-state index is 13.1. The van der Waals surface area contributed by atoms with Crippen LogP contribution < -0.4 is 4.72 Å². The number of anilines is 1. The van der Waals surface area contributed by atoms with Crippen molar-refractivity contribution in [2.24, 2.45) is 0 Å². The first-order chi connectivity index (χ1) is 15.5. The average Bonchev–Trinajstić information content (AvgIpc) is 3.24. The fourth-order valence-electron chi connectivity index (χ4n) is 3.42. The zero-order chi connectivity index (χ0) is 22.1.